The predicted molar refractivity (Wildman–Crippen MR) is 78.2 cm³/mol. The zero-order chi connectivity index (χ0) is 14.5. The molecular weight excluding hydrogens is 279 g/mol. The van der Waals surface area contributed by atoms with Gasteiger partial charge in [-0.1, -0.05) is 48.0 Å². The van der Waals surface area contributed by atoms with Gasteiger partial charge in [-0.25, -0.2) is 4.39 Å². The second kappa shape index (κ2) is 6.50. The molecule has 2 aromatic carbocycles. The predicted octanol–water partition coefficient (Wildman–Crippen LogP) is 2.99. The highest BCUT2D eigenvalue weighted by molar-refractivity contribution is 6.31. The first-order chi connectivity index (χ1) is 9.58. The van der Waals surface area contributed by atoms with Crippen LogP contribution in [0.25, 0.3) is 0 Å². The van der Waals surface area contributed by atoms with Crippen molar-refractivity contribution in [2.75, 3.05) is 5.32 Å². The molecule has 0 spiro atoms. The van der Waals surface area contributed by atoms with E-state index in [0.717, 1.165) is 5.56 Å². The van der Waals surface area contributed by atoms with Gasteiger partial charge >= 0.3 is 0 Å². The highest BCUT2D eigenvalue weighted by Crippen LogP contribution is 2.22. The molecule has 0 fully saturated rings. The van der Waals surface area contributed by atoms with E-state index in [-0.39, 0.29) is 10.7 Å². The number of benzene rings is 2. The topological polar surface area (TPSA) is 55.1 Å². The van der Waals surface area contributed by atoms with Crippen LogP contribution in [0.3, 0.4) is 0 Å². The lowest BCUT2D eigenvalue weighted by molar-refractivity contribution is -0.117. The summed E-state index contributed by atoms with van der Waals surface area (Å²) in [5.41, 5.74) is 6.80. The molecule has 5 heteroatoms. The van der Waals surface area contributed by atoms with Crippen LogP contribution < -0.4 is 11.1 Å². The van der Waals surface area contributed by atoms with Crippen molar-refractivity contribution in [1.82, 2.24) is 0 Å². The van der Waals surface area contributed by atoms with E-state index in [1.807, 2.05) is 30.3 Å². The van der Waals surface area contributed by atoms with Gasteiger partial charge in [0.05, 0.1) is 16.8 Å². The van der Waals surface area contributed by atoms with Crippen LogP contribution in [0.4, 0.5) is 10.1 Å². The molecule has 0 aliphatic carbocycles. The second-order valence-electron chi connectivity index (χ2n) is 4.39. The summed E-state index contributed by atoms with van der Waals surface area (Å²) in [7, 11) is 0. The van der Waals surface area contributed by atoms with Crippen molar-refractivity contribution in [1.29, 1.82) is 0 Å². The van der Waals surface area contributed by atoms with Crippen LogP contribution in [0.2, 0.25) is 5.02 Å². The molecule has 1 amide bonds. The van der Waals surface area contributed by atoms with Gasteiger partial charge in [-0.15, -0.1) is 0 Å². The molecule has 104 valence electrons. The summed E-state index contributed by atoms with van der Waals surface area (Å²) in [4.78, 5) is 11.9. The van der Waals surface area contributed by atoms with Crippen LogP contribution in [0.5, 0.6) is 0 Å². The maximum absolute atomic E-state index is 13.7. The maximum atomic E-state index is 13.7. The lowest BCUT2D eigenvalue weighted by Gasteiger charge is -2.13. The van der Waals surface area contributed by atoms with E-state index < -0.39 is 17.8 Å². The number of anilines is 1. The Kier molecular flexibility index (Phi) is 4.71. The van der Waals surface area contributed by atoms with Crippen LogP contribution in [-0.4, -0.2) is 11.9 Å². The second-order valence-corrected chi connectivity index (χ2v) is 4.79. The number of amides is 1. The van der Waals surface area contributed by atoms with Crippen molar-refractivity contribution in [2.45, 2.75) is 12.5 Å². The summed E-state index contributed by atoms with van der Waals surface area (Å²) in [6, 6.07) is 13.1. The number of carbonyl (C=O) groups is 1. The fraction of sp³-hybridized carbons (Fsp3) is 0.133. The average Bonchev–Trinajstić information content (AvgIpc) is 2.45. The molecular formula is C15H14ClFN2O. The normalized spacial score (nSPS) is 11.9. The van der Waals surface area contributed by atoms with Gasteiger partial charge in [-0.2, -0.15) is 0 Å². The van der Waals surface area contributed by atoms with Crippen molar-refractivity contribution >= 4 is 23.2 Å². The molecule has 0 unspecified atom stereocenters. The largest absolute Gasteiger partial charge is 0.322 e. The zero-order valence-corrected chi connectivity index (χ0v) is 11.4. The van der Waals surface area contributed by atoms with Gasteiger partial charge in [0.25, 0.3) is 0 Å². The maximum Gasteiger partial charge on any atom is 0.241 e. The van der Waals surface area contributed by atoms with Crippen LogP contribution in [0.15, 0.2) is 48.5 Å². The van der Waals surface area contributed by atoms with Crippen molar-refractivity contribution in [2.24, 2.45) is 5.73 Å². The number of hydrogen-bond acceptors (Lipinski definition) is 2. The van der Waals surface area contributed by atoms with Crippen LogP contribution in [-0.2, 0) is 11.2 Å². The molecule has 0 bridgehead atoms. The number of halogens is 2. The summed E-state index contributed by atoms with van der Waals surface area (Å²) in [6.07, 6.45) is 0.384. The highest BCUT2D eigenvalue weighted by atomic mass is 35.5. The molecule has 3 nitrogen and oxygen atoms in total. The molecule has 0 saturated heterocycles. The van der Waals surface area contributed by atoms with Crippen molar-refractivity contribution in [3.63, 3.8) is 0 Å². The summed E-state index contributed by atoms with van der Waals surface area (Å²) >= 11 is 5.65. The first-order valence-electron chi connectivity index (χ1n) is 6.12. The van der Waals surface area contributed by atoms with E-state index in [2.05, 4.69) is 5.32 Å². The Bertz CT molecular complexity index is 604. The molecule has 0 aliphatic rings. The minimum absolute atomic E-state index is 0.0333. The SMILES string of the molecule is N[C@H](Cc1ccccc1)C(=O)Nc1cccc(Cl)c1F. The summed E-state index contributed by atoms with van der Waals surface area (Å²) in [5.74, 6) is -1.11. The Morgan fingerprint density at radius 2 is 1.90 bits per heavy atom. The molecule has 0 aromatic heterocycles. The van der Waals surface area contributed by atoms with E-state index in [9.17, 15) is 9.18 Å². The fourth-order valence-electron chi connectivity index (χ4n) is 1.79. The quantitative estimate of drug-likeness (QED) is 0.910. The summed E-state index contributed by atoms with van der Waals surface area (Å²) in [6.45, 7) is 0. The highest BCUT2D eigenvalue weighted by Gasteiger charge is 2.16. The van der Waals surface area contributed by atoms with E-state index in [0.29, 0.717) is 6.42 Å². The Morgan fingerprint density at radius 3 is 2.60 bits per heavy atom. The molecule has 2 rings (SSSR count). The Labute approximate surface area is 121 Å². The van der Waals surface area contributed by atoms with Gasteiger partial charge in [0, 0.05) is 0 Å². The van der Waals surface area contributed by atoms with E-state index in [1.54, 1.807) is 6.07 Å². The summed E-state index contributed by atoms with van der Waals surface area (Å²) < 4.78 is 13.7. The van der Waals surface area contributed by atoms with Crippen LogP contribution >= 0.6 is 11.6 Å². The monoisotopic (exact) mass is 292 g/mol. The van der Waals surface area contributed by atoms with Crippen LogP contribution in [0.1, 0.15) is 5.56 Å². The van der Waals surface area contributed by atoms with E-state index >= 15 is 0 Å². The molecule has 0 saturated carbocycles. The minimum atomic E-state index is -0.754. The Hall–Kier alpha value is -1.91. The molecule has 3 N–H and O–H groups in total. The van der Waals surface area contributed by atoms with Crippen molar-refractivity contribution in [3.8, 4) is 0 Å². The zero-order valence-electron chi connectivity index (χ0n) is 10.6. The summed E-state index contributed by atoms with van der Waals surface area (Å²) in [5, 5.41) is 2.41. The Morgan fingerprint density at radius 1 is 1.20 bits per heavy atom. The first kappa shape index (κ1) is 14.5. The molecule has 0 heterocycles. The third kappa shape index (κ3) is 3.56. The number of rotatable bonds is 4. The average molecular weight is 293 g/mol. The van der Waals surface area contributed by atoms with Crippen LogP contribution in [0, 0.1) is 5.82 Å². The Balaban J connectivity index is 2.03. The van der Waals surface area contributed by atoms with E-state index in [4.69, 9.17) is 17.3 Å². The third-order valence-corrected chi connectivity index (χ3v) is 3.14. The first-order valence-corrected chi connectivity index (χ1v) is 6.50. The minimum Gasteiger partial charge on any atom is -0.322 e. The van der Waals surface area contributed by atoms with Gasteiger partial charge in [0.1, 0.15) is 0 Å². The number of hydrogen-bond donors (Lipinski definition) is 2. The van der Waals surface area contributed by atoms with Gasteiger partial charge in [0.2, 0.25) is 5.91 Å². The molecule has 1 atom stereocenters. The van der Waals surface area contributed by atoms with Gasteiger partial charge in [0.15, 0.2) is 5.82 Å². The lowest BCUT2D eigenvalue weighted by atomic mass is 10.1. The number of carbonyl (C=O) groups excluding carboxylic acids is 1. The number of nitrogens with one attached hydrogen (secondary N) is 1. The van der Waals surface area contributed by atoms with Crippen molar-refractivity contribution in [3.05, 3.63) is 64.9 Å². The smallest absolute Gasteiger partial charge is 0.241 e. The molecule has 2 aromatic rings. The third-order valence-electron chi connectivity index (χ3n) is 2.84. The van der Waals surface area contributed by atoms with Gasteiger partial charge < -0.3 is 11.1 Å². The standard InChI is InChI=1S/C15H14ClFN2O/c16-11-7-4-8-13(14(11)17)19-15(20)12(18)9-10-5-2-1-3-6-10/h1-8,12H,9,18H2,(H,19,20)/t12-/m1/s1. The number of nitrogens with two attached hydrogens (primary N) is 1. The molecule has 20 heavy (non-hydrogen) atoms. The van der Waals surface area contributed by atoms with Crippen molar-refractivity contribution < 1.29 is 9.18 Å². The fourth-order valence-corrected chi connectivity index (χ4v) is 1.96. The molecule has 0 radical (unpaired) electrons. The van der Waals surface area contributed by atoms with Gasteiger partial charge in [-0.05, 0) is 24.1 Å². The molecule has 0 aliphatic heterocycles. The lowest BCUT2D eigenvalue weighted by Crippen LogP contribution is -2.37. The van der Waals surface area contributed by atoms with Gasteiger partial charge in [-0.3, -0.25) is 4.79 Å². The van der Waals surface area contributed by atoms with E-state index in [1.165, 1.54) is 12.1 Å².